The van der Waals surface area contributed by atoms with Crippen LogP contribution in [0.15, 0.2) is 28.7 Å². The van der Waals surface area contributed by atoms with Gasteiger partial charge in [0, 0.05) is 39.8 Å². The first kappa shape index (κ1) is 24.3. The quantitative estimate of drug-likeness (QED) is 0.424. The van der Waals surface area contributed by atoms with E-state index in [9.17, 15) is 9.59 Å². The van der Waals surface area contributed by atoms with Crippen molar-refractivity contribution in [3.63, 3.8) is 0 Å². The largest absolute Gasteiger partial charge is 0.352 e. The Kier molecular flexibility index (Phi) is 6.98. The third-order valence-corrected chi connectivity index (χ3v) is 8.20. The predicted octanol–water partition coefficient (Wildman–Crippen LogP) is 4.05. The number of halogens is 2. The molecule has 0 saturated heterocycles. The first-order valence-electron chi connectivity index (χ1n) is 10.9. The molecule has 5 rings (SSSR count). The Hall–Kier alpha value is -1.78. The summed E-state index contributed by atoms with van der Waals surface area (Å²) < 4.78 is 0.950. The first-order chi connectivity index (χ1) is 15.3. The molecule has 176 valence electrons. The monoisotopic (exact) mass is 551 g/mol. The van der Waals surface area contributed by atoms with Crippen LogP contribution in [0.4, 0.5) is 0 Å². The third-order valence-electron chi connectivity index (χ3n) is 6.63. The van der Waals surface area contributed by atoms with E-state index in [0.717, 1.165) is 58.3 Å². The molecule has 2 aromatic heterocycles. The number of carbonyl (C=O) groups is 2. The van der Waals surface area contributed by atoms with Gasteiger partial charge in [0.15, 0.2) is 5.01 Å². The van der Waals surface area contributed by atoms with Crippen molar-refractivity contribution in [2.45, 2.75) is 50.2 Å². The summed E-state index contributed by atoms with van der Waals surface area (Å²) in [5.74, 6) is -0.392. The second kappa shape index (κ2) is 9.46. The highest BCUT2D eigenvalue weighted by Gasteiger charge is 2.45. The number of nitrogens with one attached hydrogen (secondary N) is 2. The van der Waals surface area contributed by atoms with Gasteiger partial charge in [-0.25, -0.2) is 4.98 Å². The summed E-state index contributed by atoms with van der Waals surface area (Å²) in [5, 5.41) is 4.47. The molecule has 10 heteroatoms. The number of Topliss-reactive ketones (excluding diaryl/α,β-unsaturated/α-hetero) is 1. The van der Waals surface area contributed by atoms with Gasteiger partial charge in [0.2, 0.25) is 5.78 Å². The fourth-order valence-corrected chi connectivity index (χ4v) is 6.26. The molecule has 3 aromatic rings. The summed E-state index contributed by atoms with van der Waals surface area (Å²) >= 11 is 4.91. The standard InChI is InChI=1S/C23H26BrN5O2S.ClH/c1-29-9-7-16-18(12-29)32-22(27-16)21(31)28-19-4-2-3-8-23(19,25)20(30)17-11-13-10-14(24)5-6-15(13)26-17;/h5-6,10-11,19,26H,2-4,7-9,12,25H2,1H3,(H,28,31);1H. The zero-order chi connectivity index (χ0) is 22.5. The van der Waals surface area contributed by atoms with Crippen molar-refractivity contribution in [3.8, 4) is 0 Å². The highest BCUT2D eigenvalue weighted by atomic mass is 79.9. The number of nitrogens with two attached hydrogens (primary N) is 1. The van der Waals surface area contributed by atoms with Crippen LogP contribution in [0, 0.1) is 0 Å². The number of rotatable bonds is 4. The highest BCUT2D eigenvalue weighted by Crippen LogP contribution is 2.32. The molecule has 0 spiro atoms. The minimum Gasteiger partial charge on any atom is -0.352 e. The zero-order valence-electron chi connectivity index (χ0n) is 18.3. The molecule has 1 aliphatic heterocycles. The number of thiazole rings is 1. The van der Waals surface area contributed by atoms with Crippen molar-refractivity contribution >= 4 is 62.3 Å². The smallest absolute Gasteiger partial charge is 0.280 e. The summed E-state index contributed by atoms with van der Waals surface area (Å²) in [6.45, 7) is 1.77. The fraction of sp³-hybridized carbons (Fsp3) is 0.435. The maximum atomic E-state index is 13.6. The minimum atomic E-state index is -1.15. The van der Waals surface area contributed by atoms with Crippen LogP contribution in [0.5, 0.6) is 0 Å². The molecule has 2 unspecified atom stereocenters. The van der Waals surface area contributed by atoms with Crippen molar-refractivity contribution in [2.75, 3.05) is 13.6 Å². The average Bonchev–Trinajstić information content (AvgIpc) is 3.38. The molecule has 3 heterocycles. The topological polar surface area (TPSA) is 104 Å². The molecular weight excluding hydrogens is 526 g/mol. The van der Waals surface area contributed by atoms with Crippen LogP contribution in [-0.4, -0.2) is 51.7 Å². The number of ketones is 1. The number of nitrogens with zero attached hydrogens (tertiary/aromatic N) is 2. The van der Waals surface area contributed by atoms with Gasteiger partial charge in [0.25, 0.3) is 5.91 Å². The van der Waals surface area contributed by atoms with Crippen LogP contribution in [0.1, 0.15) is 56.5 Å². The number of hydrogen-bond donors (Lipinski definition) is 3. The summed E-state index contributed by atoms with van der Waals surface area (Å²) in [5.41, 5.74) is 7.99. The molecule has 1 fully saturated rings. The molecule has 1 aliphatic carbocycles. The molecular formula is C23H27BrClN5O2S. The van der Waals surface area contributed by atoms with Gasteiger partial charge < -0.3 is 20.9 Å². The van der Waals surface area contributed by atoms with E-state index in [4.69, 9.17) is 5.73 Å². The van der Waals surface area contributed by atoms with Gasteiger partial charge in [-0.2, -0.15) is 0 Å². The van der Waals surface area contributed by atoms with E-state index < -0.39 is 11.6 Å². The van der Waals surface area contributed by atoms with E-state index in [1.807, 2.05) is 24.3 Å². The van der Waals surface area contributed by atoms with Crippen molar-refractivity contribution < 1.29 is 9.59 Å². The van der Waals surface area contributed by atoms with Crippen LogP contribution in [-0.2, 0) is 13.0 Å². The van der Waals surface area contributed by atoms with Crippen molar-refractivity contribution in [1.82, 2.24) is 20.2 Å². The van der Waals surface area contributed by atoms with Crippen molar-refractivity contribution in [3.05, 3.63) is 50.0 Å². The maximum Gasteiger partial charge on any atom is 0.280 e. The molecule has 7 nitrogen and oxygen atoms in total. The molecule has 2 atom stereocenters. The third kappa shape index (κ3) is 4.61. The number of hydrogen-bond acceptors (Lipinski definition) is 6. The zero-order valence-corrected chi connectivity index (χ0v) is 21.5. The Morgan fingerprint density at radius 3 is 2.97 bits per heavy atom. The summed E-state index contributed by atoms with van der Waals surface area (Å²) in [7, 11) is 2.07. The number of amides is 1. The predicted molar refractivity (Wildman–Crippen MR) is 136 cm³/mol. The van der Waals surface area contributed by atoms with Crippen molar-refractivity contribution in [1.29, 1.82) is 0 Å². The van der Waals surface area contributed by atoms with Gasteiger partial charge in [-0.05, 0) is 44.2 Å². The Morgan fingerprint density at radius 1 is 1.33 bits per heavy atom. The average molecular weight is 553 g/mol. The Balaban J connectivity index is 0.00000259. The lowest BCUT2D eigenvalue weighted by Crippen LogP contribution is -2.64. The normalized spacial score (nSPS) is 23.1. The molecule has 1 saturated carbocycles. The number of fused-ring (bicyclic) bond motifs is 2. The molecule has 1 aromatic carbocycles. The minimum absolute atomic E-state index is 0. The lowest BCUT2D eigenvalue weighted by molar-refractivity contribution is 0.0755. The fourth-order valence-electron chi connectivity index (χ4n) is 4.79. The van der Waals surface area contributed by atoms with Gasteiger partial charge in [-0.15, -0.1) is 23.7 Å². The van der Waals surface area contributed by atoms with Gasteiger partial charge in [-0.3, -0.25) is 9.59 Å². The SMILES string of the molecule is CN1CCc2nc(C(=O)NC3CCCCC3(N)C(=O)c3cc4cc(Br)ccc4[nH]3)sc2C1.Cl. The van der Waals surface area contributed by atoms with Crippen LogP contribution < -0.4 is 11.1 Å². The van der Waals surface area contributed by atoms with Gasteiger partial charge in [0.1, 0.15) is 5.54 Å². The van der Waals surface area contributed by atoms with E-state index >= 15 is 0 Å². The first-order valence-corrected chi connectivity index (χ1v) is 12.5. The van der Waals surface area contributed by atoms with Crippen LogP contribution in [0.25, 0.3) is 10.9 Å². The van der Waals surface area contributed by atoms with Crippen molar-refractivity contribution in [2.24, 2.45) is 5.73 Å². The van der Waals surface area contributed by atoms with E-state index in [0.29, 0.717) is 23.5 Å². The van der Waals surface area contributed by atoms with Crippen LogP contribution >= 0.6 is 39.7 Å². The number of H-pyrrole nitrogens is 1. The van der Waals surface area contributed by atoms with Crippen LogP contribution in [0.2, 0.25) is 0 Å². The Labute approximate surface area is 211 Å². The summed E-state index contributed by atoms with van der Waals surface area (Å²) in [6.07, 6.45) is 3.85. The lowest BCUT2D eigenvalue weighted by atomic mass is 9.74. The van der Waals surface area contributed by atoms with E-state index in [2.05, 4.69) is 43.2 Å². The maximum absolute atomic E-state index is 13.6. The second-order valence-corrected chi connectivity index (χ2v) is 10.9. The summed E-state index contributed by atoms with van der Waals surface area (Å²) in [4.78, 5) is 37.8. The highest BCUT2D eigenvalue weighted by molar-refractivity contribution is 9.10. The molecule has 4 N–H and O–H groups in total. The van der Waals surface area contributed by atoms with E-state index in [1.54, 1.807) is 0 Å². The number of aromatic amines is 1. The molecule has 2 aliphatic rings. The van der Waals surface area contributed by atoms with Crippen LogP contribution in [0.3, 0.4) is 0 Å². The molecule has 0 radical (unpaired) electrons. The summed E-state index contributed by atoms with van der Waals surface area (Å²) in [6, 6.07) is 7.24. The van der Waals surface area contributed by atoms with E-state index in [1.165, 1.54) is 11.3 Å². The van der Waals surface area contributed by atoms with Gasteiger partial charge in [0.05, 0.1) is 17.4 Å². The number of aromatic nitrogens is 2. The second-order valence-electron chi connectivity index (χ2n) is 8.93. The van der Waals surface area contributed by atoms with Gasteiger partial charge in [-0.1, -0.05) is 28.8 Å². The Bertz CT molecular complexity index is 1210. The Morgan fingerprint density at radius 2 is 2.15 bits per heavy atom. The van der Waals surface area contributed by atoms with Gasteiger partial charge >= 0.3 is 0 Å². The molecule has 33 heavy (non-hydrogen) atoms. The molecule has 1 amide bonds. The number of carbonyl (C=O) groups excluding carboxylic acids is 2. The number of likely N-dealkylation sites (N-methyl/N-ethyl adjacent to an activating group) is 1. The lowest BCUT2D eigenvalue weighted by Gasteiger charge is -2.39. The number of benzene rings is 1. The molecule has 0 bridgehead atoms. The van der Waals surface area contributed by atoms with E-state index in [-0.39, 0.29) is 24.1 Å².